The molecule has 0 bridgehead atoms. The van der Waals surface area contributed by atoms with Crippen LogP contribution < -0.4 is 4.74 Å². The molecule has 2 rings (SSSR count). The van der Waals surface area contributed by atoms with Crippen molar-refractivity contribution in [3.05, 3.63) is 33.3 Å². The highest BCUT2D eigenvalue weighted by Gasteiger charge is 2.43. The Balaban J connectivity index is 2.03. The van der Waals surface area contributed by atoms with E-state index in [2.05, 4.69) is 0 Å². The minimum absolute atomic E-state index is 0.165. The molecule has 0 aromatic heterocycles. The van der Waals surface area contributed by atoms with Gasteiger partial charge in [-0.25, -0.2) is 0 Å². The van der Waals surface area contributed by atoms with Gasteiger partial charge in [0.05, 0.1) is 23.5 Å². The summed E-state index contributed by atoms with van der Waals surface area (Å²) in [7, 11) is 1.58. The fourth-order valence-corrected chi connectivity index (χ4v) is 2.59. The number of halogens is 2. The maximum atomic E-state index is 11.0. The number of nitrogens with zero attached hydrogens (tertiary/aromatic N) is 1. The number of nitro benzene ring substituents is 1. The number of methoxy groups -OCH3 is 1. The Labute approximate surface area is 132 Å². The Bertz CT molecular complexity index is 513. The van der Waals surface area contributed by atoms with Gasteiger partial charge in [0.25, 0.3) is 0 Å². The van der Waals surface area contributed by atoms with E-state index >= 15 is 0 Å². The van der Waals surface area contributed by atoms with Gasteiger partial charge < -0.3 is 14.2 Å². The summed E-state index contributed by atoms with van der Waals surface area (Å²) in [6, 6.07) is 4.28. The minimum Gasteiger partial charge on any atom is -0.481 e. The van der Waals surface area contributed by atoms with E-state index in [-0.39, 0.29) is 34.0 Å². The zero-order valence-corrected chi connectivity index (χ0v) is 12.8. The molecular formula is C13H15Cl2NO5. The summed E-state index contributed by atoms with van der Waals surface area (Å²) in [5.41, 5.74) is -0.170. The summed E-state index contributed by atoms with van der Waals surface area (Å²) >= 11 is 11.8. The number of ether oxygens (including phenoxy) is 3. The van der Waals surface area contributed by atoms with Crippen molar-refractivity contribution in [3.8, 4) is 5.75 Å². The Kier molecular flexibility index (Phi) is 5.64. The maximum Gasteiger partial charge on any atom is 0.312 e. The van der Waals surface area contributed by atoms with Crippen molar-refractivity contribution in [2.45, 2.75) is 24.0 Å². The van der Waals surface area contributed by atoms with Crippen LogP contribution in [0, 0.1) is 10.1 Å². The van der Waals surface area contributed by atoms with Crippen molar-refractivity contribution in [2.75, 3.05) is 20.3 Å². The first-order valence-electron chi connectivity index (χ1n) is 6.38. The number of rotatable bonds is 7. The first kappa shape index (κ1) is 16.3. The molecule has 0 amide bonds. The number of nitro groups is 1. The van der Waals surface area contributed by atoms with E-state index in [1.54, 1.807) is 13.2 Å². The van der Waals surface area contributed by atoms with Crippen LogP contribution in [0.4, 0.5) is 5.69 Å². The second kappa shape index (κ2) is 7.26. The van der Waals surface area contributed by atoms with Gasteiger partial charge in [-0.05, 0) is 12.1 Å². The van der Waals surface area contributed by atoms with Crippen LogP contribution in [-0.2, 0) is 9.47 Å². The van der Waals surface area contributed by atoms with Crippen LogP contribution in [0.3, 0.4) is 0 Å². The minimum atomic E-state index is -0.529. The van der Waals surface area contributed by atoms with Gasteiger partial charge in [-0.1, -0.05) is 11.6 Å². The predicted molar refractivity (Wildman–Crippen MR) is 78.4 cm³/mol. The lowest BCUT2D eigenvalue weighted by molar-refractivity contribution is -0.386. The fourth-order valence-electron chi connectivity index (χ4n) is 2.02. The fraction of sp³-hybridized carbons (Fsp3) is 0.538. The topological polar surface area (TPSA) is 70.8 Å². The lowest BCUT2D eigenvalue weighted by Gasteiger charge is -2.40. The van der Waals surface area contributed by atoms with Gasteiger partial charge in [0.2, 0.25) is 0 Å². The number of hydrogen-bond donors (Lipinski definition) is 0. The molecule has 3 unspecified atom stereocenters. The van der Waals surface area contributed by atoms with Crippen LogP contribution >= 0.6 is 23.2 Å². The molecule has 1 aromatic carbocycles. The van der Waals surface area contributed by atoms with Crippen LogP contribution in [0.25, 0.3) is 0 Å². The smallest absolute Gasteiger partial charge is 0.312 e. The van der Waals surface area contributed by atoms with Crippen molar-refractivity contribution < 1.29 is 19.1 Å². The normalized spacial score (nSPS) is 24.4. The highest BCUT2D eigenvalue weighted by Crippen LogP contribution is 2.37. The average Bonchev–Trinajstić information content (AvgIpc) is 2.44. The molecule has 1 aliphatic rings. The second-order valence-corrected chi connectivity index (χ2v) is 5.60. The van der Waals surface area contributed by atoms with Gasteiger partial charge in [0, 0.05) is 24.6 Å². The van der Waals surface area contributed by atoms with E-state index in [4.69, 9.17) is 37.4 Å². The number of benzene rings is 1. The van der Waals surface area contributed by atoms with Crippen molar-refractivity contribution in [1.82, 2.24) is 0 Å². The van der Waals surface area contributed by atoms with Crippen molar-refractivity contribution in [1.29, 1.82) is 0 Å². The molecule has 116 valence electrons. The van der Waals surface area contributed by atoms with Crippen LogP contribution in [-0.4, -0.2) is 42.8 Å². The van der Waals surface area contributed by atoms with Crippen molar-refractivity contribution in [2.24, 2.45) is 0 Å². The van der Waals surface area contributed by atoms with E-state index in [9.17, 15) is 10.1 Å². The van der Waals surface area contributed by atoms with E-state index in [1.165, 1.54) is 12.1 Å². The van der Waals surface area contributed by atoms with Gasteiger partial charge in [-0.15, -0.1) is 11.6 Å². The Hall–Kier alpha value is -1.08. The molecule has 21 heavy (non-hydrogen) atoms. The molecule has 8 heteroatoms. The van der Waals surface area contributed by atoms with E-state index in [0.717, 1.165) is 0 Å². The van der Waals surface area contributed by atoms with E-state index in [1.807, 2.05) is 0 Å². The molecule has 0 radical (unpaired) electrons. The van der Waals surface area contributed by atoms with Gasteiger partial charge in [-0.3, -0.25) is 10.1 Å². The standard InChI is InChI=1S/C13H15Cl2NO5/c1-19-4-5-20-13-9(15)7-12(13)21-11-3-2-8(14)6-10(11)16(17)18/h2-3,6,9,12-13H,4-5,7H2,1H3. The third-order valence-corrected chi connectivity index (χ3v) is 3.84. The Morgan fingerprint density at radius 3 is 2.81 bits per heavy atom. The third-order valence-electron chi connectivity index (χ3n) is 3.17. The summed E-state index contributed by atoms with van der Waals surface area (Å²) in [4.78, 5) is 10.5. The summed E-state index contributed by atoms with van der Waals surface area (Å²) in [5.74, 6) is 0.165. The zero-order valence-electron chi connectivity index (χ0n) is 11.3. The SMILES string of the molecule is COCCOC1C(Cl)CC1Oc1ccc(Cl)cc1[N+](=O)[O-]. The summed E-state index contributed by atoms with van der Waals surface area (Å²) in [6.07, 6.45) is -0.0553. The monoisotopic (exact) mass is 335 g/mol. The quantitative estimate of drug-likeness (QED) is 0.331. The molecule has 0 aliphatic heterocycles. The molecule has 1 saturated carbocycles. The molecule has 0 spiro atoms. The van der Waals surface area contributed by atoms with E-state index < -0.39 is 4.92 Å². The number of hydrogen-bond acceptors (Lipinski definition) is 5. The van der Waals surface area contributed by atoms with Crippen LogP contribution in [0.2, 0.25) is 5.02 Å². The van der Waals surface area contributed by atoms with Crippen LogP contribution in [0.1, 0.15) is 6.42 Å². The van der Waals surface area contributed by atoms with Crippen molar-refractivity contribution >= 4 is 28.9 Å². The first-order valence-corrected chi connectivity index (χ1v) is 7.19. The lowest BCUT2D eigenvalue weighted by Crippen LogP contribution is -2.53. The Morgan fingerprint density at radius 2 is 2.19 bits per heavy atom. The summed E-state index contributed by atoms with van der Waals surface area (Å²) in [5, 5.41) is 11.1. The lowest BCUT2D eigenvalue weighted by atomic mass is 9.91. The van der Waals surface area contributed by atoms with Gasteiger partial charge in [0.1, 0.15) is 12.2 Å². The molecule has 1 aliphatic carbocycles. The third kappa shape index (κ3) is 3.97. The van der Waals surface area contributed by atoms with Gasteiger partial charge >= 0.3 is 5.69 Å². The predicted octanol–water partition coefficient (Wildman–Crippen LogP) is 3.04. The average molecular weight is 336 g/mol. The molecule has 0 N–H and O–H groups in total. The molecular weight excluding hydrogens is 321 g/mol. The Morgan fingerprint density at radius 1 is 1.43 bits per heavy atom. The molecule has 1 aromatic rings. The van der Waals surface area contributed by atoms with Gasteiger partial charge in [-0.2, -0.15) is 0 Å². The molecule has 3 atom stereocenters. The summed E-state index contributed by atoms with van der Waals surface area (Å²) in [6.45, 7) is 0.848. The number of alkyl halides is 1. The highest BCUT2D eigenvalue weighted by molar-refractivity contribution is 6.30. The second-order valence-electron chi connectivity index (χ2n) is 4.61. The highest BCUT2D eigenvalue weighted by atomic mass is 35.5. The van der Waals surface area contributed by atoms with E-state index in [0.29, 0.717) is 19.6 Å². The summed E-state index contributed by atoms with van der Waals surface area (Å²) < 4.78 is 16.1. The van der Waals surface area contributed by atoms with Crippen LogP contribution in [0.15, 0.2) is 18.2 Å². The van der Waals surface area contributed by atoms with Crippen LogP contribution in [0.5, 0.6) is 5.75 Å². The molecule has 6 nitrogen and oxygen atoms in total. The molecule has 0 saturated heterocycles. The maximum absolute atomic E-state index is 11.0. The molecule has 1 fully saturated rings. The van der Waals surface area contributed by atoms with Gasteiger partial charge in [0.15, 0.2) is 5.75 Å². The molecule has 0 heterocycles. The van der Waals surface area contributed by atoms with Crippen molar-refractivity contribution in [3.63, 3.8) is 0 Å². The first-order chi connectivity index (χ1) is 10.0. The largest absolute Gasteiger partial charge is 0.481 e. The zero-order chi connectivity index (χ0) is 15.4.